The Morgan fingerprint density at radius 2 is 2.22 bits per heavy atom. The van der Waals surface area contributed by atoms with Gasteiger partial charge in [-0.15, -0.1) is 0 Å². The minimum atomic E-state index is 0.123. The molecular formula is C13H17N5. The number of nitrogen functional groups attached to an aromatic ring is 1. The van der Waals surface area contributed by atoms with E-state index in [1.54, 1.807) is 12.3 Å². The first-order chi connectivity index (χ1) is 8.69. The third kappa shape index (κ3) is 2.94. The monoisotopic (exact) mass is 243 g/mol. The topological polar surface area (TPSA) is 76.7 Å². The Kier molecular flexibility index (Phi) is 3.72. The van der Waals surface area contributed by atoms with Crippen LogP contribution >= 0.6 is 0 Å². The summed E-state index contributed by atoms with van der Waals surface area (Å²) in [4.78, 5) is 12.6. The summed E-state index contributed by atoms with van der Waals surface area (Å²) in [5.74, 6) is 1.98. The number of nitrogens with one attached hydrogen (secondary N) is 1. The normalized spacial score (nSPS) is 12.1. The van der Waals surface area contributed by atoms with Crippen molar-refractivity contribution >= 4 is 11.6 Å². The second-order valence-corrected chi connectivity index (χ2v) is 4.10. The van der Waals surface area contributed by atoms with Crippen molar-refractivity contribution in [3.05, 3.63) is 42.0 Å². The Morgan fingerprint density at radius 3 is 2.89 bits per heavy atom. The van der Waals surface area contributed by atoms with Gasteiger partial charge in [0.2, 0.25) is 0 Å². The summed E-state index contributed by atoms with van der Waals surface area (Å²) >= 11 is 0. The first kappa shape index (κ1) is 12.3. The molecule has 3 N–H and O–H groups in total. The minimum Gasteiger partial charge on any atom is -0.384 e. The lowest BCUT2D eigenvalue weighted by atomic mass is 10.1. The van der Waals surface area contributed by atoms with Crippen LogP contribution in [0.3, 0.4) is 0 Å². The highest BCUT2D eigenvalue weighted by Crippen LogP contribution is 2.18. The molecule has 0 amide bonds. The fourth-order valence-electron chi connectivity index (χ4n) is 1.69. The highest BCUT2D eigenvalue weighted by molar-refractivity contribution is 5.46. The molecule has 5 heteroatoms. The Hall–Kier alpha value is -2.17. The SMILES string of the molecule is CCc1nc(N)cc(NC(C)c2cccnc2)n1. The summed E-state index contributed by atoms with van der Waals surface area (Å²) in [6.07, 6.45) is 4.36. The maximum atomic E-state index is 5.75. The molecule has 0 aromatic carbocycles. The predicted octanol–water partition coefficient (Wildman–Crippen LogP) is 2.19. The van der Waals surface area contributed by atoms with Crippen molar-refractivity contribution < 1.29 is 0 Å². The summed E-state index contributed by atoms with van der Waals surface area (Å²) in [5.41, 5.74) is 6.85. The number of pyridine rings is 1. The van der Waals surface area contributed by atoms with Crippen molar-refractivity contribution in [3.63, 3.8) is 0 Å². The standard InChI is InChI=1S/C13H17N5/c1-3-12-17-11(14)7-13(18-12)16-9(2)10-5-4-6-15-8-10/h4-9H,3H2,1-2H3,(H3,14,16,17,18). The van der Waals surface area contributed by atoms with Crippen LogP contribution in [0.4, 0.5) is 11.6 Å². The smallest absolute Gasteiger partial charge is 0.132 e. The number of hydrogen-bond acceptors (Lipinski definition) is 5. The van der Waals surface area contributed by atoms with Gasteiger partial charge < -0.3 is 11.1 Å². The number of nitrogens with zero attached hydrogens (tertiary/aromatic N) is 3. The number of rotatable bonds is 4. The molecule has 1 atom stereocenters. The summed E-state index contributed by atoms with van der Waals surface area (Å²) in [5, 5.41) is 3.30. The van der Waals surface area contributed by atoms with Crippen LogP contribution in [0.2, 0.25) is 0 Å². The Morgan fingerprint density at radius 1 is 1.39 bits per heavy atom. The van der Waals surface area contributed by atoms with E-state index >= 15 is 0 Å². The van der Waals surface area contributed by atoms with E-state index in [4.69, 9.17) is 5.73 Å². The molecule has 2 rings (SSSR count). The summed E-state index contributed by atoms with van der Waals surface area (Å²) in [6, 6.07) is 5.80. The van der Waals surface area contributed by atoms with E-state index < -0.39 is 0 Å². The lowest BCUT2D eigenvalue weighted by Gasteiger charge is -2.15. The van der Waals surface area contributed by atoms with Gasteiger partial charge in [0, 0.05) is 24.9 Å². The van der Waals surface area contributed by atoms with Gasteiger partial charge in [-0.1, -0.05) is 13.0 Å². The molecule has 5 nitrogen and oxygen atoms in total. The van der Waals surface area contributed by atoms with E-state index in [9.17, 15) is 0 Å². The lowest BCUT2D eigenvalue weighted by molar-refractivity contribution is 0.852. The Bertz CT molecular complexity index is 512. The molecular weight excluding hydrogens is 226 g/mol. The van der Waals surface area contributed by atoms with Crippen LogP contribution in [0.25, 0.3) is 0 Å². The van der Waals surface area contributed by atoms with Crippen LogP contribution in [-0.2, 0) is 6.42 Å². The molecule has 94 valence electrons. The van der Waals surface area contributed by atoms with E-state index in [1.165, 1.54) is 0 Å². The number of aromatic nitrogens is 3. The van der Waals surface area contributed by atoms with Crippen LogP contribution in [0.5, 0.6) is 0 Å². The molecule has 0 aliphatic rings. The van der Waals surface area contributed by atoms with Crippen molar-refractivity contribution in [2.45, 2.75) is 26.3 Å². The zero-order valence-electron chi connectivity index (χ0n) is 10.6. The number of nitrogens with two attached hydrogens (primary N) is 1. The van der Waals surface area contributed by atoms with Gasteiger partial charge in [-0.25, -0.2) is 9.97 Å². The van der Waals surface area contributed by atoms with E-state index in [0.29, 0.717) is 5.82 Å². The Labute approximate surface area is 106 Å². The molecule has 1 unspecified atom stereocenters. The quantitative estimate of drug-likeness (QED) is 0.860. The van der Waals surface area contributed by atoms with E-state index in [2.05, 4.69) is 27.2 Å². The second kappa shape index (κ2) is 5.44. The number of aryl methyl sites for hydroxylation is 1. The molecule has 0 fully saturated rings. The van der Waals surface area contributed by atoms with Gasteiger partial charge in [0.25, 0.3) is 0 Å². The molecule has 18 heavy (non-hydrogen) atoms. The van der Waals surface area contributed by atoms with Crippen LogP contribution < -0.4 is 11.1 Å². The van der Waals surface area contributed by atoms with Gasteiger partial charge in [0.1, 0.15) is 17.5 Å². The van der Waals surface area contributed by atoms with Crippen LogP contribution in [0.1, 0.15) is 31.3 Å². The molecule has 2 aromatic heterocycles. The lowest BCUT2D eigenvalue weighted by Crippen LogP contribution is -2.10. The first-order valence-corrected chi connectivity index (χ1v) is 5.99. The van der Waals surface area contributed by atoms with Gasteiger partial charge in [0.05, 0.1) is 6.04 Å². The van der Waals surface area contributed by atoms with Crippen molar-refractivity contribution in [2.24, 2.45) is 0 Å². The maximum absolute atomic E-state index is 5.75. The fourth-order valence-corrected chi connectivity index (χ4v) is 1.69. The predicted molar refractivity (Wildman–Crippen MR) is 72.1 cm³/mol. The zero-order valence-corrected chi connectivity index (χ0v) is 10.6. The van der Waals surface area contributed by atoms with Crippen molar-refractivity contribution in [3.8, 4) is 0 Å². The number of hydrogen-bond donors (Lipinski definition) is 2. The largest absolute Gasteiger partial charge is 0.384 e. The zero-order chi connectivity index (χ0) is 13.0. The van der Waals surface area contributed by atoms with Gasteiger partial charge in [0.15, 0.2) is 0 Å². The number of anilines is 2. The van der Waals surface area contributed by atoms with Crippen molar-refractivity contribution in [1.82, 2.24) is 15.0 Å². The van der Waals surface area contributed by atoms with Crippen LogP contribution in [-0.4, -0.2) is 15.0 Å². The second-order valence-electron chi connectivity index (χ2n) is 4.10. The summed E-state index contributed by atoms with van der Waals surface area (Å²) < 4.78 is 0. The Balaban J connectivity index is 2.16. The summed E-state index contributed by atoms with van der Waals surface area (Å²) in [6.45, 7) is 4.06. The molecule has 0 aliphatic heterocycles. The molecule has 0 bridgehead atoms. The van der Waals surface area contributed by atoms with Crippen molar-refractivity contribution in [1.29, 1.82) is 0 Å². The first-order valence-electron chi connectivity index (χ1n) is 5.99. The third-order valence-electron chi connectivity index (χ3n) is 2.66. The molecule has 0 saturated heterocycles. The van der Waals surface area contributed by atoms with E-state index in [1.807, 2.05) is 25.3 Å². The van der Waals surface area contributed by atoms with Crippen molar-refractivity contribution in [2.75, 3.05) is 11.1 Å². The minimum absolute atomic E-state index is 0.123. The molecule has 2 aromatic rings. The van der Waals surface area contributed by atoms with Gasteiger partial charge in [-0.3, -0.25) is 4.98 Å². The van der Waals surface area contributed by atoms with Gasteiger partial charge in [-0.2, -0.15) is 0 Å². The molecule has 0 saturated carbocycles. The maximum Gasteiger partial charge on any atom is 0.132 e. The average Bonchev–Trinajstić information content (AvgIpc) is 2.39. The molecule has 0 radical (unpaired) electrons. The van der Waals surface area contributed by atoms with E-state index in [0.717, 1.165) is 23.6 Å². The highest BCUT2D eigenvalue weighted by atomic mass is 15.1. The molecule has 0 spiro atoms. The summed E-state index contributed by atoms with van der Waals surface area (Å²) in [7, 11) is 0. The third-order valence-corrected chi connectivity index (χ3v) is 2.66. The van der Waals surface area contributed by atoms with Crippen LogP contribution in [0, 0.1) is 0 Å². The van der Waals surface area contributed by atoms with Crippen LogP contribution in [0.15, 0.2) is 30.6 Å². The van der Waals surface area contributed by atoms with Gasteiger partial charge in [-0.05, 0) is 18.6 Å². The van der Waals surface area contributed by atoms with Gasteiger partial charge >= 0.3 is 0 Å². The molecule has 0 aliphatic carbocycles. The fraction of sp³-hybridized carbons (Fsp3) is 0.308. The molecule has 2 heterocycles. The highest BCUT2D eigenvalue weighted by Gasteiger charge is 2.07. The average molecular weight is 243 g/mol. The van der Waals surface area contributed by atoms with E-state index in [-0.39, 0.29) is 6.04 Å².